The lowest BCUT2D eigenvalue weighted by atomic mass is 9.79. The first-order valence-corrected chi connectivity index (χ1v) is 18.2. The third kappa shape index (κ3) is 8.34. The summed E-state index contributed by atoms with van der Waals surface area (Å²) in [6.07, 6.45) is 15.7. The van der Waals surface area contributed by atoms with E-state index in [0.717, 1.165) is 56.9 Å². The van der Waals surface area contributed by atoms with Gasteiger partial charge in [0.25, 0.3) is 0 Å². The van der Waals surface area contributed by atoms with Crippen molar-refractivity contribution in [3.8, 4) is 0 Å². The Morgan fingerprint density at radius 2 is 1.53 bits per heavy atom. The summed E-state index contributed by atoms with van der Waals surface area (Å²) in [6.45, 7) is 16.3. The van der Waals surface area contributed by atoms with Crippen LogP contribution in [0.5, 0.6) is 0 Å². The second-order valence-electron chi connectivity index (χ2n) is 15.8. The van der Waals surface area contributed by atoms with E-state index in [4.69, 9.17) is 23.7 Å². The molecule has 266 valence electrons. The highest BCUT2D eigenvalue weighted by Gasteiger charge is 2.58. The molecular weight excluding hydrogens is 596 g/mol. The molecule has 5 aliphatic rings. The monoisotopic (exact) mass is 658 g/mol. The number of ether oxygens (including phenoxy) is 5. The van der Waals surface area contributed by atoms with Gasteiger partial charge in [-0.1, -0.05) is 55.0 Å². The first kappa shape index (κ1) is 36.9. The minimum atomic E-state index is -0.922. The molecule has 5 rings (SSSR count). The molecule has 0 saturated carbocycles. The minimum Gasteiger partial charge on any atom is -0.392 e. The van der Waals surface area contributed by atoms with Gasteiger partial charge in [0.1, 0.15) is 6.10 Å². The molecule has 5 aliphatic heterocycles. The highest BCUT2D eigenvalue weighted by molar-refractivity contribution is 5.26. The van der Waals surface area contributed by atoms with Crippen LogP contribution in [-0.2, 0) is 23.7 Å². The summed E-state index contributed by atoms with van der Waals surface area (Å²) in [5.74, 6) is 0.311. The van der Waals surface area contributed by atoms with Crippen LogP contribution >= 0.6 is 0 Å². The third-order valence-electron chi connectivity index (χ3n) is 12.0. The predicted molar refractivity (Wildman–Crippen MR) is 183 cm³/mol. The van der Waals surface area contributed by atoms with Gasteiger partial charge in [-0.3, -0.25) is 0 Å². The average molecular weight is 659 g/mol. The quantitative estimate of drug-likeness (QED) is 0.249. The van der Waals surface area contributed by atoms with Crippen LogP contribution in [0.1, 0.15) is 112 Å². The maximum absolute atomic E-state index is 11.7. The molecule has 5 fully saturated rings. The van der Waals surface area contributed by atoms with Gasteiger partial charge in [-0.15, -0.1) is 0 Å². The van der Waals surface area contributed by atoms with Crippen LogP contribution in [0.15, 0.2) is 48.1 Å². The molecule has 0 aromatic rings. The molecule has 47 heavy (non-hydrogen) atoms. The number of hydrogen-bond acceptors (Lipinski definition) is 8. The lowest BCUT2D eigenvalue weighted by Gasteiger charge is -2.49. The van der Waals surface area contributed by atoms with Crippen molar-refractivity contribution >= 4 is 0 Å². The standard InChI is InChI=1S/C39H62O8/c1-8-9-10-11-15-33-37(5,42)19-16-30-31(43-33)17-20-38(6)35(44-30)23-32-36(47-38)28(41)24-39(7)34(45-32)22-27(4)29(46-39)14-12-13-25(2)26(3)18-21-40/h8-10,13,18,27-36,40-42H,1,11-12,14-17,19-24H2,2-7H3/t27?,28?,29-,30?,31-,32?,33+,34?,35?,36-,37?,38+,39+/m0/s1. The van der Waals surface area contributed by atoms with Crippen molar-refractivity contribution in [2.45, 2.75) is 184 Å². The molecule has 3 N–H and O–H groups in total. The van der Waals surface area contributed by atoms with Crippen molar-refractivity contribution in [1.29, 1.82) is 0 Å². The minimum absolute atomic E-state index is 0.0494. The summed E-state index contributed by atoms with van der Waals surface area (Å²) in [4.78, 5) is 0. The summed E-state index contributed by atoms with van der Waals surface area (Å²) in [6, 6.07) is 0. The molecule has 0 amide bonds. The average Bonchev–Trinajstić information content (AvgIpc) is 3.27. The van der Waals surface area contributed by atoms with Gasteiger partial charge in [0.2, 0.25) is 0 Å². The Labute approximate surface area is 283 Å². The van der Waals surface area contributed by atoms with Crippen LogP contribution in [0.25, 0.3) is 0 Å². The highest BCUT2D eigenvalue weighted by Crippen LogP contribution is 2.49. The molecule has 0 radical (unpaired) electrons. The third-order valence-corrected chi connectivity index (χ3v) is 12.0. The fourth-order valence-corrected chi connectivity index (χ4v) is 8.70. The molecule has 8 heteroatoms. The zero-order valence-corrected chi connectivity index (χ0v) is 29.7. The Hall–Kier alpha value is -1.36. The van der Waals surface area contributed by atoms with E-state index in [-0.39, 0.29) is 49.3 Å². The van der Waals surface area contributed by atoms with Gasteiger partial charge in [-0.05, 0) is 98.3 Å². The maximum Gasteiger partial charge on any atom is 0.111 e. The second kappa shape index (κ2) is 15.3. The van der Waals surface area contributed by atoms with E-state index in [2.05, 4.69) is 46.4 Å². The van der Waals surface area contributed by atoms with Crippen LogP contribution in [0.3, 0.4) is 0 Å². The van der Waals surface area contributed by atoms with E-state index in [9.17, 15) is 15.3 Å². The Morgan fingerprint density at radius 1 is 0.851 bits per heavy atom. The number of hydrogen-bond donors (Lipinski definition) is 3. The molecule has 5 saturated heterocycles. The van der Waals surface area contributed by atoms with Crippen LogP contribution in [0, 0.1) is 5.92 Å². The normalized spacial score (nSPS) is 46.3. The molecule has 0 spiro atoms. The van der Waals surface area contributed by atoms with E-state index in [1.165, 1.54) is 5.57 Å². The van der Waals surface area contributed by atoms with Crippen molar-refractivity contribution in [2.75, 3.05) is 6.61 Å². The van der Waals surface area contributed by atoms with Crippen LogP contribution in [0.4, 0.5) is 0 Å². The Bertz CT molecular complexity index is 1160. The molecule has 0 bridgehead atoms. The smallest absolute Gasteiger partial charge is 0.111 e. The Balaban J connectivity index is 1.26. The van der Waals surface area contributed by atoms with Crippen molar-refractivity contribution in [2.24, 2.45) is 5.92 Å². The van der Waals surface area contributed by atoms with Gasteiger partial charge in [-0.2, -0.15) is 0 Å². The maximum atomic E-state index is 11.7. The van der Waals surface area contributed by atoms with E-state index < -0.39 is 29.0 Å². The SMILES string of the molecule is C=CC=CCC[C@H]1O[C@H]2CC[C@@]3(C)O[C@H]4C(O)C[C@@]5(C)O[C@@H](CCC=C(C)C(C)=CCO)C(C)CC5OC4CC3OC2CCC1(C)O. The van der Waals surface area contributed by atoms with Gasteiger partial charge < -0.3 is 39.0 Å². The second-order valence-corrected chi connectivity index (χ2v) is 15.8. The number of aliphatic hydroxyl groups excluding tert-OH is 2. The zero-order chi connectivity index (χ0) is 34.0. The topological polar surface area (TPSA) is 107 Å². The van der Waals surface area contributed by atoms with Gasteiger partial charge in [0, 0.05) is 12.8 Å². The number of allylic oxidation sites excluding steroid dienone is 6. The van der Waals surface area contributed by atoms with Crippen LogP contribution in [-0.4, -0.2) is 93.7 Å². The van der Waals surface area contributed by atoms with E-state index >= 15 is 0 Å². The van der Waals surface area contributed by atoms with Gasteiger partial charge in [0.05, 0.1) is 72.2 Å². The molecule has 5 heterocycles. The van der Waals surface area contributed by atoms with E-state index in [1.54, 1.807) is 6.08 Å². The molecule has 0 aromatic carbocycles. The van der Waals surface area contributed by atoms with E-state index in [1.807, 2.05) is 26.0 Å². The van der Waals surface area contributed by atoms with E-state index in [0.29, 0.717) is 25.2 Å². The summed E-state index contributed by atoms with van der Waals surface area (Å²) in [5.41, 5.74) is 0.159. The number of aliphatic hydroxyl groups is 3. The predicted octanol–water partition coefficient (Wildman–Crippen LogP) is 6.27. The van der Waals surface area contributed by atoms with Gasteiger partial charge in [-0.25, -0.2) is 0 Å². The van der Waals surface area contributed by atoms with Crippen molar-refractivity contribution < 1.29 is 39.0 Å². The number of fused-ring (bicyclic) bond motifs is 4. The van der Waals surface area contributed by atoms with Crippen LogP contribution in [0.2, 0.25) is 0 Å². The highest BCUT2D eigenvalue weighted by atomic mass is 16.6. The lowest BCUT2D eigenvalue weighted by molar-refractivity contribution is -0.273. The summed E-state index contributed by atoms with van der Waals surface area (Å²) >= 11 is 0. The number of rotatable bonds is 9. The molecular formula is C39H62O8. The first-order valence-electron chi connectivity index (χ1n) is 18.2. The molecule has 8 nitrogen and oxygen atoms in total. The van der Waals surface area contributed by atoms with Crippen molar-refractivity contribution in [1.82, 2.24) is 0 Å². The van der Waals surface area contributed by atoms with Gasteiger partial charge in [0.15, 0.2) is 0 Å². The fourth-order valence-electron chi connectivity index (χ4n) is 8.70. The summed E-state index contributed by atoms with van der Waals surface area (Å²) in [7, 11) is 0. The largest absolute Gasteiger partial charge is 0.392 e. The molecule has 7 unspecified atom stereocenters. The fraction of sp³-hybridized carbons (Fsp3) is 0.795. The van der Waals surface area contributed by atoms with Crippen molar-refractivity contribution in [3.05, 3.63) is 48.1 Å². The molecule has 13 atom stereocenters. The molecule has 0 aliphatic carbocycles. The van der Waals surface area contributed by atoms with Crippen LogP contribution < -0.4 is 0 Å². The Kier molecular flexibility index (Phi) is 12.0. The zero-order valence-electron chi connectivity index (χ0n) is 29.7. The lowest BCUT2D eigenvalue weighted by Crippen LogP contribution is -2.59. The van der Waals surface area contributed by atoms with Crippen molar-refractivity contribution in [3.63, 3.8) is 0 Å². The summed E-state index contributed by atoms with van der Waals surface area (Å²) < 4.78 is 34.2. The Morgan fingerprint density at radius 3 is 2.28 bits per heavy atom. The first-order chi connectivity index (χ1) is 22.3. The molecule has 0 aromatic heterocycles. The summed E-state index contributed by atoms with van der Waals surface area (Å²) in [5, 5.41) is 32.3. The van der Waals surface area contributed by atoms with Gasteiger partial charge >= 0.3 is 0 Å².